The lowest BCUT2D eigenvalue weighted by Crippen LogP contribution is -2.41. The van der Waals surface area contributed by atoms with Crippen LogP contribution in [0.1, 0.15) is 46.5 Å². The second kappa shape index (κ2) is 5.67. The summed E-state index contributed by atoms with van der Waals surface area (Å²) in [6, 6.07) is 0. The fourth-order valence-corrected chi connectivity index (χ4v) is 2.13. The second-order valence-electron chi connectivity index (χ2n) is 5.94. The van der Waals surface area contributed by atoms with E-state index < -0.39 is 0 Å². The van der Waals surface area contributed by atoms with Gasteiger partial charge in [-0.2, -0.15) is 0 Å². The van der Waals surface area contributed by atoms with Gasteiger partial charge in [0.2, 0.25) is 5.91 Å². The van der Waals surface area contributed by atoms with Crippen LogP contribution in [0, 0.1) is 17.3 Å². The third-order valence-corrected chi connectivity index (χ3v) is 3.89. The molecule has 1 rings (SSSR count). The van der Waals surface area contributed by atoms with Crippen LogP contribution in [-0.4, -0.2) is 19.0 Å². The van der Waals surface area contributed by atoms with Gasteiger partial charge in [-0.1, -0.05) is 27.2 Å². The van der Waals surface area contributed by atoms with E-state index in [9.17, 15) is 4.79 Å². The molecule has 0 aromatic carbocycles. The first-order valence-electron chi connectivity index (χ1n) is 6.42. The summed E-state index contributed by atoms with van der Waals surface area (Å²) in [6.45, 7) is 7.90. The maximum atomic E-state index is 11.6. The number of amides is 1. The lowest BCUT2D eigenvalue weighted by Gasteiger charge is -2.40. The molecule has 0 aromatic rings. The molecule has 3 heteroatoms. The first kappa shape index (κ1) is 13.5. The molecule has 3 N–H and O–H groups in total. The summed E-state index contributed by atoms with van der Waals surface area (Å²) in [7, 11) is 0. The minimum absolute atomic E-state index is 0.144. The molecule has 0 aliphatic heterocycles. The number of hydrogen-bond acceptors (Lipinski definition) is 2. The van der Waals surface area contributed by atoms with Gasteiger partial charge in [0.1, 0.15) is 0 Å². The molecule has 1 atom stereocenters. The smallest absolute Gasteiger partial charge is 0.220 e. The van der Waals surface area contributed by atoms with Crippen LogP contribution in [0.25, 0.3) is 0 Å². The van der Waals surface area contributed by atoms with Gasteiger partial charge in [0, 0.05) is 13.0 Å². The molecule has 16 heavy (non-hydrogen) atoms. The first-order chi connectivity index (χ1) is 7.45. The summed E-state index contributed by atoms with van der Waals surface area (Å²) in [5.41, 5.74) is 5.75. The van der Waals surface area contributed by atoms with Crippen LogP contribution >= 0.6 is 0 Å². The zero-order valence-electron chi connectivity index (χ0n) is 10.9. The Morgan fingerprint density at radius 3 is 2.56 bits per heavy atom. The molecule has 0 heterocycles. The van der Waals surface area contributed by atoms with Crippen LogP contribution in [0.3, 0.4) is 0 Å². The van der Waals surface area contributed by atoms with Crippen molar-refractivity contribution in [2.75, 3.05) is 13.1 Å². The zero-order chi connectivity index (χ0) is 12.2. The molecule has 0 spiro atoms. The fraction of sp³-hybridized carbons (Fsp3) is 0.923. The topological polar surface area (TPSA) is 55.1 Å². The number of rotatable bonds is 6. The van der Waals surface area contributed by atoms with Crippen LogP contribution < -0.4 is 11.1 Å². The number of carbonyl (C=O) groups is 1. The van der Waals surface area contributed by atoms with E-state index in [-0.39, 0.29) is 17.2 Å². The predicted octanol–water partition coefficient (Wildman–Crippen LogP) is 1.91. The van der Waals surface area contributed by atoms with Crippen molar-refractivity contribution in [1.29, 1.82) is 0 Å². The molecule has 94 valence electrons. The van der Waals surface area contributed by atoms with Gasteiger partial charge in [-0.25, -0.2) is 0 Å². The van der Waals surface area contributed by atoms with Crippen LogP contribution in [0.4, 0.5) is 0 Å². The van der Waals surface area contributed by atoms with E-state index in [0.717, 1.165) is 12.5 Å². The van der Waals surface area contributed by atoms with Gasteiger partial charge in [-0.3, -0.25) is 4.79 Å². The Morgan fingerprint density at radius 2 is 2.12 bits per heavy atom. The molecule has 0 saturated heterocycles. The Morgan fingerprint density at radius 1 is 1.50 bits per heavy atom. The molecule has 0 aromatic heterocycles. The van der Waals surface area contributed by atoms with Crippen molar-refractivity contribution in [2.24, 2.45) is 23.0 Å². The standard InChI is InChI=1S/C13H26N2O/c1-10(8-14)7-12(16)15-9-13(2,3)11-5-4-6-11/h10-11H,4-9,14H2,1-3H3,(H,15,16). The SMILES string of the molecule is CC(CN)CC(=O)NCC(C)(C)C1CCC1. The Balaban J connectivity index is 2.24. The van der Waals surface area contributed by atoms with E-state index in [0.29, 0.717) is 13.0 Å². The lowest BCUT2D eigenvalue weighted by atomic mass is 9.67. The Hall–Kier alpha value is -0.570. The van der Waals surface area contributed by atoms with E-state index in [1.165, 1.54) is 19.3 Å². The monoisotopic (exact) mass is 226 g/mol. The van der Waals surface area contributed by atoms with Gasteiger partial charge in [0.15, 0.2) is 0 Å². The van der Waals surface area contributed by atoms with Gasteiger partial charge in [0.25, 0.3) is 0 Å². The van der Waals surface area contributed by atoms with E-state index in [1.807, 2.05) is 6.92 Å². The van der Waals surface area contributed by atoms with Crippen molar-refractivity contribution in [3.8, 4) is 0 Å². The molecular weight excluding hydrogens is 200 g/mol. The summed E-state index contributed by atoms with van der Waals surface area (Å²) in [5.74, 6) is 1.22. The van der Waals surface area contributed by atoms with Crippen molar-refractivity contribution in [3.63, 3.8) is 0 Å². The van der Waals surface area contributed by atoms with Crippen molar-refractivity contribution in [2.45, 2.75) is 46.5 Å². The van der Waals surface area contributed by atoms with Crippen molar-refractivity contribution in [3.05, 3.63) is 0 Å². The van der Waals surface area contributed by atoms with Gasteiger partial charge >= 0.3 is 0 Å². The maximum Gasteiger partial charge on any atom is 0.220 e. The van der Waals surface area contributed by atoms with Crippen LogP contribution in [0.15, 0.2) is 0 Å². The van der Waals surface area contributed by atoms with Gasteiger partial charge in [-0.15, -0.1) is 0 Å². The average Bonchev–Trinajstić information content (AvgIpc) is 2.11. The lowest BCUT2D eigenvalue weighted by molar-refractivity contribution is -0.122. The Bertz CT molecular complexity index is 234. The number of nitrogens with one attached hydrogen (secondary N) is 1. The second-order valence-corrected chi connectivity index (χ2v) is 5.94. The third-order valence-electron chi connectivity index (χ3n) is 3.89. The van der Waals surface area contributed by atoms with Gasteiger partial charge in [0.05, 0.1) is 0 Å². The van der Waals surface area contributed by atoms with Crippen molar-refractivity contribution in [1.82, 2.24) is 5.32 Å². The molecule has 1 saturated carbocycles. The third kappa shape index (κ3) is 3.78. The summed E-state index contributed by atoms with van der Waals surface area (Å²) in [5, 5.41) is 3.04. The average molecular weight is 226 g/mol. The number of nitrogens with two attached hydrogens (primary N) is 1. The van der Waals surface area contributed by atoms with E-state index in [2.05, 4.69) is 19.2 Å². The van der Waals surface area contributed by atoms with E-state index in [4.69, 9.17) is 5.73 Å². The summed E-state index contributed by atoms with van der Waals surface area (Å²) >= 11 is 0. The normalized spacial score (nSPS) is 19.0. The molecule has 0 bridgehead atoms. The highest BCUT2D eigenvalue weighted by Crippen LogP contribution is 2.41. The quantitative estimate of drug-likeness (QED) is 0.727. The highest BCUT2D eigenvalue weighted by Gasteiger charge is 2.33. The van der Waals surface area contributed by atoms with Crippen LogP contribution in [0.2, 0.25) is 0 Å². The minimum atomic E-state index is 0.144. The Labute approximate surface area is 99.2 Å². The van der Waals surface area contributed by atoms with Gasteiger partial charge in [-0.05, 0) is 36.6 Å². The zero-order valence-corrected chi connectivity index (χ0v) is 10.9. The fourth-order valence-electron chi connectivity index (χ4n) is 2.13. The first-order valence-corrected chi connectivity index (χ1v) is 6.42. The molecule has 1 aliphatic rings. The van der Waals surface area contributed by atoms with Crippen LogP contribution in [-0.2, 0) is 4.79 Å². The molecule has 1 amide bonds. The summed E-state index contributed by atoms with van der Waals surface area (Å²) < 4.78 is 0. The molecule has 3 nitrogen and oxygen atoms in total. The molecule has 0 radical (unpaired) electrons. The Kier molecular flexibility index (Phi) is 4.78. The van der Waals surface area contributed by atoms with E-state index in [1.54, 1.807) is 0 Å². The predicted molar refractivity (Wildman–Crippen MR) is 67.0 cm³/mol. The van der Waals surface area contributed by atoms with Crippen molar-refractivity contribution < 1.29 is 4.79 Å². The summed E-state index contributed by atoms with van der Waals surface area (Å²) in [6.07, 6.45) is 4.55. The highest BCUT2D eigenvalue weighted by molar-refractivity contribution is 5.76. The minimum Gasteiger partial charge on any atom is -0.356 e. The maximum absolute atomic E-state index is 11.6. The van der Waals surface area contributed by atoms with E-state index >= 15 is 0 Å². The molecule has 1 unspecified atom stereocenters. The number of hydrogen-bond donors (Lipinski definition) is 2. The highest BCUT2D eigenvalue weighted by atomic mass is 16.1. The molecule has 1 fully saturated rings. The van der Waals surface area contributed by atoms with Crippen LogP contribution in [0.5, 0.6) is 0 Å². The van der Waals surface area contributed by atoms with Crippen molar-refractivity contribution >= 4 is 5.91 Å². The summed E-state index contributed by atoms with van der Waals surface area (Å²) in [4.78, 5) is 11.6. The molecule has 1 aliphatic carbocycles. The van der Waals surface area contributed by atoms with Gasteiger partial charge < -0.3 is 11.1 Å². The number of carbonyl (C=O) groups excluding carboxylic acids is 1. The molecular formula is C13H26N2O. The largest absolute Gasteiger partial charge is 0.356 e.